The van der Waals surface area contributed by atoms with E-state index in [0.29, 0.717) is 31.1 Å². The van der Waals surface area contributed by atoms with Gasteiger partial charge < -0.3 is 24.5 Å². The summed E-state index contributed by atoms with van der Waals surface area (Å²) in [5.41, 5.74) is 7.65. The standard InChI is InChI=1S/C44H47N5O5/c50-35-11-13-37-40(25-35)54-28-38(30-4-2-1-3-5-30)42(37)31-6-8-33(9-7-31)47-18-16-29(17-19-47)26-46-20-22-48(23-21-46)34-10-12-36-32(24-34)27-49(44(36)53)39-14-15-41(51)45-43(39)52/h1-13,24-25,29,38-39,42,50H,14-23,26-28H2,(H,45,51,52)/t38?,39?,42-/m1/s1. The summed E-state index contributed by atoms with van der Waals surface area (Å²) in [6.07, 6.45) is 2.99. The Labute approximate surface area is 316 Å². The maximum atomic E-state index is 13.1. The van der Waals surface area contributed by atoms with Gasteiger partial charge in [-0.1, -0.05) is 48.5 Å². The third-order valence-corrected chi connectivity index (χ3v) is 12.4. The highest BCUT2D eigenvalue weighted by Gasteiger charge is 2.39. The van der Waals surface area contributed by atoms with Crippen LogP contribution in [0.25, 0.3) is 0 Å². The predicted octanol–water partition coefficient (Wildman–Crippen LogP) is 5.50. The van der Waals surface area contributed by atoms with E-state index in [0.717, 1.165) is 68.4 Å². The second-order valence-corrected chi connectivity index (χ2v) is 15.6. The van der Waals surface area contributed by atoms with Gasteiger partial charge in [-0.2, -0.15) is 0 Å². The van der Waals surface area contributed by atoms with Crippen molar-refractivity contribution >= 4 is 29.1 Å². The molecule has 0 radical (unpaired) electrons. The molecule has 3 saturated heterocycles. The number of carbonyl (C=O) groups excluding carboxylic acids is 3. The molecule has 5 aliphatic rings. The molecule has 0 bridgehead atoms. The number of imide groups is 1. The summed E-state index contributed by atoms with van der Waals surface area (Å²) < 4.78 is 6.17. The second kappa shape index (κ2) is 14.5. The van der Waals surface area contributed by atoms with Crippen molar-refractivity contribution in [2.75, 3.05) is 62.2 Å². The van der Waals surface area contributed by atoms with Crippen LogP contribution >= 0.6 is 0 Å². The van der Waals surface area contributed by atoms with Crippen LogP contribution in [-0.4, -0.2) is 91.1 Å². The Kier molecular flexibility index (Phi) is 9.22. The van der Waals surface area contributed by atoms with Gasteiger partial charge in [0.15, 0.2) is 0 Å². The summed E-state index contributed by atoms with van der Waals surface area (Å²) in [5, 5.41) is 12.5. The van der Waals surface area contributed by atoms with Crippen molar-refractivity contribution in [1.82, 2.24) is 15.1 Å². The Bertz CT molecular complexity index is 2040. The number of ether oxygens (including phenoxy) is 1. The number of nitrogens with zero attached hydrogens (tertiary/aromatic N) is 4. The minimum absolute atomic E-state index is 0.125. The molecule has 3 fully saturated rings. The number of piperazine rings is 1. The minimum Gasteiger partial charge on any atom is -0.508 e. The van der Waals surface area contributed by atoms with Crippen LogP contribution in [-0.2, 0) is 16.1 Å². The second-order valence-electron chi connectivity index (χ2n) is 15.6. The van der Waals surface area contributed by atoms with Gasteiger partial charge in [0.05, 0.1) is 6.61 Å². The molecule has 2 unspecified atom stereocenters. The molecule has 3 atom stereocenters. The molecule has 0 aromatic heterocycles. The van der Waals surface area contributed by atoms with Crippen molar-refractivity contribution in [3.8, 4) is 11.5 Å². The number of fused-ring (bicyclic) bond motifs is 2. The monoisotopic (exact) mass is 725 g/mol. The number of nitrogens with one attached hydrogen (secondary N) is 1. The lowest BCUT2D eigenvalue weighted by molar-refractivity contribution is -0.136. The van der Waals surface area contributed by atoms with Crippen molar-refractivity contribution in [3.05, 3.63) is 119 Å². The third-order valence-electron chi connectivity index (χ3n) is 12.4. The Morgan fingerprint density at radius 2 is 1.48 bits per heavy atom. The van der Waals surface area contributed by atoms with Crippen LogP contribution in [0.15, 0.2) is 91.0 Å². The number of rotatable bonds is 7. The Balaban J connectivity index is 0.780. The molecule has 3 amide bonds. The molecule has 4 aromatic rings. The number of aromatic hydroxyl groups is 1. The van der Waals surface area contributed by atoms with Gasteiger partial charge in [0, 0.05) is 99.2 Å². The summed E-state index contributed by atoms with van der Waals surface area (Å²) in [5.74, 6) is 1.22. The number of benzene rings is 4. The fourth-order valence-corrected chi connectivity index (χ4v) is 9.38. The van der Waals surface area contributed by atoms with Crippen LogP contribution in [0.4, 0.5) is 11.4 Å². The lowest BCUT2D eigenvalue weighted by Gasteiger charge is -2.40. The van der Waals surface area contributed by atoms with Crippen LogP contribution in [0.2, 0.25) is 0 Å². The Morgan fingerprint density at radius 3 is 2.24 bits per heavy atom. The number of amides is 3. The lowest BCUT2D eigenvalue weighted by atomic mass is 9.76. The van der Waals surface area contributed by atoms with Crippen molar-refractivity contribution in [3.63, 3.8) is 0 Å². The van der Waals surface area contributed by atoms with Gasteiger partial charge in [-0.05, 0) is 78.3 Å². The number of anilines is 2. The van der Waals surface area contributed by atoms with E-state index in [-0.39, 0.29) is 41.7 Å². The molecule has 0 aliphatic carbocycles. The highest BCUT2D eigenvalue weighted by molar-refractivity contribution is 6.05. The van der Waals surface area contributed by atoms with Gasteiger partial charge in [0.2, 0.25) is 11.8 Å². The number of carbonyl (C=O) groups is 3. The summed E-state index contributed by atoms with van der Waals surface area (Å²) in [4.78, 5) is 46.4. The van der Waals surface area contributed by atoms with Crippen molar-refractivity contribution < 1.29 is 24.2 Å². The molecule has 54 heavy (non-hydrogen) atoms. The molecule has 278 valence electrons. The fourth-order valence-electron chi connectivity index (χ4n) is 9.38. The largest absolute Gasteiger partial charge is 0.508 e. The van der Waals surface area contributed by atoms with E-state index in [1.165, 1.54) is 29.7 Å². The van der Waals surface area contributed by atoms with E-state index in [4.69, 9.17) is 4.74 Å². The van der Waals surface area contributed by atoms with Crippen molar-refractivity contribution in [2.24, 2.45) is 5.92 Å². The highest BCUT2D eigenvalue weighted by Crippen LogP contribution is 2.47. The zero-order chi connectivity index (χ0) is 36.8. The molecule has 2 N–H and O–H groups in total. The molecule has 0 saturated carbocycles. The van der Waals surface area contributed by atoms with Crippen LogP contribution < -0.4 is 19.9 Å². The molecule has 5 heterocycles. The Hall–Kier alpha value is -5.35. The van der Waals surface area contributed by atoms with Gasteiger partial charge in [0.25, 0.3) is 5.91 Å². The SMILES string of the molecule is O=C1CCC(N2Cc3cc(N4CCN(CC5CCN(c6ccc([C@@H]7c8ccc(O)cc8OCC7c7ccccc7)cc6)CC5)CC4)ccc3C2=O)C(=O)N1. The quantitative estimate of drug-likeness (QED) is 0.241. The maximum absolute atomic E-state index is 13.1. The molecular weight excluding hydrogens is 679 g/mol. The number of hydrogen-bond donors (Lipinski definition) is 2. The van der Waals surface area contributed by atoms with Gasteiger partial charge in [-0.25, -0.2) is 0 Å². The normalized spacial score (nSPS) is 23.5. The summed E-state index contributed by atoms with van der Waals surface area (Å²) in [7, 11) is 0. The van der Waals surface area contributed by atoms with E-state index < -0.39 is 6.04 Å². The molecule has 4 aromatic carbocycles. The molecule has 10 nitrogen and oxygen atoms in total. The van der Waals surface area contributed by atoms with E-state index in [1.807, 2.05) is 18.2 Å². The molecule has 5 aliphatic heterocycles. The smallest absolute Gasteiger partial charge is 0.255 e. The summed E-state index contributed by atoms with van der Waals surface area (Å²) >= 11 is 0. The third kappa shape index (κ3) is 6.68. The number of phenols is 1. The minimum atomic E-state index is -0.589. The summed E-state index contributed by atoms with van der Waals surface area (Å²) in [6.45, 7) is 8.12. The fraction of sp³-hybridized carbons (Fsp3) is 0.386. The maximum Gasteiger partial charge on any atom is 0.255 e. The van der Waals surface area contributed by atoms with Gasteiger partial charge in [-0.3, -0.25) is 24.6 Å². The van der Waals surface area contributed by atoms with Gasteiger partial charge >= 0.3 is 0 Å². The average Bonchev–Trinajstić information content (AvgIpc) is 3.53. The first-order valence-electron chi connectivity index (χ1n) is 19.5. The van der Waals surface area contributed by atoms with Crippen molar-refractivity contribution in [1.29, 1.82) is 0 Å². The van der Waals surface area contributed by atoms with Gasteiger partial charge in [0.1, 0.15) is 17.5 Å². The van der Waals surface area contributed by atoms with Crippen LogP contribution in [0.5, 0.6) is 11.5 Å². The number of hydrogen-bond acceptors (Lipinski definition) is 8. The van der Waals surface area contributed by atoms with Crippen LogP contribution in [0, 0.1) is 5.92 Å². The molecule has 10 heteroatoms. The van der Waals surface area contributed by atoms with E-state index in [1.54, 1.807) is 17.0 Å². The first kappa shape index (κ1) is 34.4. The Morgan fingerprint density at radius 1 is 0.741 bits per heavy atom. The van der Waals surface area contributed by atoms with E-state index >= 15 is 0 Å². The van der Waals surface area contributed by atoms with Crippen LogP contribution in [0.3, 0.4) is 0 Å². The highest BCUT2D eigenvalue weighted by atomic mass is 16.5. The first-order chi connectivity index (χ1) is 26.4. The first-order valence-corrected chi connectivity index (χ1v) is 19.5. The average molecular weight is 726 g/mol. The number of piperidine rings is 2. The topological polar surface area (TPSA) is 106 Å². The molecule has 9 rings (SSSR count). The van der Waals surface area contributed by atoms with Crippen LogP contribution in [0.1, 0.15) is 70.1 Å². The summed E-state index contributed by atoms with van der Waals surface area (Å²) in [6, 6.07) is 30.7. The van der Waals surface area contributed by atoms with Crippen molar-refractivity contribution in [2.45, 2.75) is 50.1 Å². The molecule has 0 spiro atoms. The van der Waals surface area contributed by atoms with E-state index in [9.17, 15) is 19.5 Å². The predicted molar refractivity (Wildman–Crippen MR) is 207 cm³/mol. The zero-order valence-corrected chi connectivity index (χ0v) is 30.5. The van der Waals surface area contributed by atoms with E-state index in [2.05, 4.69) is 80.7 Å². The van der Waals surface area contributed by atoms with Gasteiger partial charge in [-0.15, -0.1) is 0 Å². The molecular formula is C44H47N5O5. The lowest BCUT2D eigenvalue weighted by Crippen LogP contribution is -2.52. The number of phenolic OH excluding ortho intramolecular Hbond substituents is 1. The zero-order valence-electron chi connectivity index (χ0n) is 30.5.